The van der Waals surface area contributed by atoms with Gasteiger partial charge in [0.25, 0.3) is 5.91 Å². The quantitative estimate of drug-likeness (QED) is 0.809. The molecule has 1 aromatic rings. The number of anilines is 1. The molecule has 2 rings (SSSR count). The van der Waals surface area contributed by atoms with Crippen molar-refractivity contribution < 1.29 is 9.90 Å². The van der Waals surface area contributed by atoms with Gasteiger partial charge in [0.15, 0.2) is 0 Å². The van der Waals surface area contributed by atoms with E-state index in [2.05, 4.69) is 17.2 Å². The van der Waals surface area contributed by atoms with E-state index in [-0.39, 0.29) is 18.6 Å². The Morgan fingerprint density at radius 1 is 1.60 bits per heavy atom. The lowest BCUT2D eigenvalue weighted by Gasteiger charge is -2.21. The lowest BCUT2D eigenvalue weighted by molar-refractivity contribution is 0.0707. The highest BCUT2D eigenvalue weighted by atomic mass is 35.5. The van der Waals surface area contributed by atoms with Crippen LogP contribution in [-0.2, 0) is 0 Å². The predicted octanol–water partition coefficient (Wildman–Crippen LogP) is 2.15. The number of aliphatic hydroxyl groups is 1. The number of halogens is 1. The summed E-state index contributed by atoms with van der Waals surface area (Å²) in [6, 6.07) is 1.90. The van der Waals surface area contributed by atoms with Gasteiger partial charge in [0.1, 0.15) is 5.82 Å². The first kappa shape index (κ1) is 15.1. The summed E-state index contributed by atoms with van der Waals surface area (Å²) in [5.41, 5.74) is 0.470. The molecule has 1 aliphatic carbocycles. The van der Waals surface area contributed by atoms with Gasteiger partial charge in [0, 0.05) is 25.3 Å². The van der Waals surface area contributed by atoms with Crippen LogP contribution < -0.4 is 5.32 Å². The number of hydrogen-bond donors (Lipinski definition) is 2. The van der Waals surface area contributed by atoms with E-state index >= 15 is 0 Å². The highest BCUT2D eigenvalue weighted by Crippen LogP contribution is 2.29. The van der Waals surface area contributed by atoms with E-state index in [9.17, 15) is 4.79 Å². The minimum atomic E-state index is -0.113. The summed E-state index contributed by atoms with van der Waals surface area (Å²) >= 11 is 6.14. The number of aromatic nitrogens is 1. The van der Waals surface area contributed by atoms with E-state index in [1.807, 2.05) is 0 Å². The molecule has 5 nitrogen and oxygen atoms in total. The highest BCUT2D eigenvalue weighted by molar-refractivity contribution is 6.33. The average molecular weight is 298 g/mol. The van der Waals surface area contributed by atoms with Crippen molar-refractivity contribution in [2.24, 2.45) is 0 Å². The number of carbonyl (C=O) groups is 1. The van der Waals surface area contributed by atoms with E-state index in [1.54, 1.807) is 17.2 Å². The molecule has 2 N–H and O–H groups in total. The van der Waals surface area contributed by atoms with Gasteiger partial charge in [-0.2, -0.15) is 0 Å². The summed E-state index contributed by atoms with van der Waals surface area (Å²) in [6.07, 6.45) is 4.52. The van der Waals surface area contributed by atoms with Crippen molar-refractivity contribution >= 4 is 23.3 Å². The molecule has 0 radical (unpaired) electrons. The zero-order valence-electron chi connectivity index (χ0n) is 11.6. The molecular weight excluding hydrogens is 278 g/mol. The lowest BCUT2D eigenvalue weighted by Crippen LogP contribution is -2.35. The molecular formula is C14H20ClN3O2. The van der Waals surface area contributed by atoms with Gasteiger partial charge in [-0.05, 0) is 25.3 Å². The molecule has 1 fully saturated rings. The van der Waals surface area contributed by atoms with Gasteiger partial charge < -0.3 is 15.3 Å². The van der Waals surface area contributed by atoms with Crippen LogP contribution in [0.4, 0.5) is 5.82 Å². The average Bonchev–Trinajstić information content (AvgIpc) is 3.27. The SMILES string of the molecule is CCCNc1ncc(C(=O)N(CCO)C2CC2)cc1Cl. The fourth-order valence-corrected chi connectivity index (χ4v) is 2.27. The fraction of sp³-hybridized carbons (Fsp3) is 0.571. The van der Waals surface area contributed by atoms with Crippen LogP contribution in [0.25, 0.3) is 0 Å². The van der Waals surface area contributed by atoms with Crippen LogP contribution in [0.2, 0.25) is 5.02 Å². The van der Waals surface area contributed by atoms with Crippen molar-refractivity contribution in [1.29, 1.82) is 0 Å². The standard InChI is InChI=1S/C14H20ClN3O2/c1-2-5-16-13-12(15)8-10(9-17-13)14(20)18(6-7-19)11-3-4-11/h8-9,11,19H,2-7H2,1H3,(H,16,17). The summed E-state index contributed by atoms with van der Waals surface area (Å²) in [6.45, 7) is 3.18. The Morgan fingerprint density at radius 2 is 2.35 bits per heavy atom. The molecule has 1 saturated carbocycles. The third-order valence-electron chi connectivity index (χ3n) is 3.22. The van der Waals surface area contributed by atoms with E-state index in [0.717, 1.165) is 25.8 Å². The second-order valence-electron chi connectivity index (χ2n) is 4.93. The number of rotatable bonds is 7. The molecule has 0 atom stereocenters. The van der Waals surface area contributed by atoms with Gasteiger partial charge in [-0.15, -0.1) is 0 Å². The van der Waals surface area contributed by atoms with Crippen LogP contribution in [0.1, 0.15) is 36.5 Å². The van der Waals surface area contributed by atoms with E-state index in [4.69, 9.17) is 16.7 Å². The number of amides is 1. The monoisotopic (exact) mass is 297 g/mol. The van der Waals surface area contributed by atoms with E-state index < -0.39 is 0 Å². The fourth-order valence-electron chi connectivity index (χ4n) is 2.04. The molecule has 0 bridgehead atoms. The Hall–Kier alpha value is -1.33. The first-order chi connectivity index (χ1) is 9.67. The normalized spacial score (nSPS) is 14.2. The molecule has 1 aromatic heterocycles. The maximum absolute atomic E-state index is 12.4. The Labute approximate surface area is 123 Å². The number of nitrogens with zero attached hydrogens (tertiary/aromatic N) is 2. The molecule has 0 saturated heterocycles. The third kappa shape index (κ3) is 3.61. The Morgan fingerprint density at radius 3 is 2.90 bits per heavy atom. The van der Waals surface area contributed by atoms with Crippen molar-refractivity contribution in [3.05, 3.63) is 22.8 Å². The first-order valence-electron chi connectivity index (χ1n) is 6.98. The maximum atomic E-state index is 12.4. The molecule has 110 valence electrons. The van der Waals surface area contributed by atoms with Gasteiger partial charge >= 0.3 is 0 Å². The highest BCUT2D eigenvalue weighted by Gasteiger charge is 2.32. The summed E-state index contributed by atoms with van der Waals surface area (Å²) < 4.78 is 0. The van der Waals surface area contributed by atoms with Gasteiger partial charge in [-0.3, -0.25) is 4.79 Å². The largest absolute Gasteiger partial charge is 0.395 e. The maximum Gasteiger partial charge on any atom is 0.255 e. The second kappa shape index (κ2) is 6.90. The molecule has 1 heterocycles. The van der Waals surface area contributed by atoms with E-state index in [0.29, 0.717) is 22.9 Å². The zero-order chi connectivity index (χ0) is 14.5. The van der Waals surface area contributed by atoms with E-state index in [1.165, 1.54) is 0 Å². The van der Waals surface area contributed by atoms with Gasteiger partial charge in [0.2, 0.25) is 0 Å². The van der Waals surface area contributed by atoms with Gasteiger partial charge in [-0.1, -0.05) is 18.5 Å². The van der Waals surface area contributed by atoms with Crippen LogP contribution in [0, 0.1) is 0 Å². The van der Waals surface area contributed by atoms with Crippen LogP contribution in [0.5, 0.6) is 0 Å². The minimum Gasteiger partial charge on any atom is -0.395 e. The summed E-state index contributed by atoms with van der Waals surface area (Å²) in [5.74, 6) is 0.489. The molecule has 0 aliphatic heterocycles. The van der Waals surface area contributed by atoms with Crippen molar-refractivity contribution in [2.75, 3.05) is 25.0 Å². The third-order valence-corrected chi connectivity index (χ3v) is 3.51. The summed E-state index contributed by atoms with van der Waals surface area (Å²) in [5, 5.41) is 12.6. The smallest absolute Gasteiger partial charge is 0.255 e. The lowest BCUT2D eigenvalue weighted by atomic mass is 10.2. The molecule has 1 aliphatic rings. The Kier molecular flexibility index (Phi) is 5.20. The van der Waals surface area contributed by atoms with Gasteiger partial charge in [-0.25, -0.2) is 4.98 Å². The summed E-state index contributed by atoms with van der Waals surface area (Å²) in [7, 11) is 0. The van der Waals surface area contributed by atoms with Crippen LogP contribution >= 0.6 is 11.6 Å². The second-order valence-corrected chi connectivity index (χ2v) is 5.34. The summed E-state index contributed by atoms with van der Waals surface area (Å²) in [4.78, 5) is 18.3. The van der Waals surface area contributed by atoms with Crippen LogP contribution in [0.3, 0.4) is 0 Å². The molecule has 0 aromatic carbocycles. The van der Waals surface area contributed by atoms with Crippen molar-refractivity contribution in [2.45, 2.75) is 32.2 Å². The minimum absolute atomic E-state index is 0.0282. The Balaban J connectivity index is 2.11. The number of pyridine rings is 1. The number of aliphatic hydroxyl groups excluding tert-OH is 1. The van der Waals surface area contributed by atoms with Crippen LogP contribution in [-0.4, -0.2) is 46.6 Å². The number of nitrogens with one attached hydrogen (secondary N) is 1. The molecule has 1 amide bonds. The van der Waals surface area contributed by atoms with Crippen molar-refractivity contribution in [3.63, 3.8) is 0 Å². The van der Waals surface area contributed by atoms with Crippen LogP contribution in [0.15, 0.2) is 12.3 Å². The zero-order valence-corrected chi connectivity index (χ0v) is 12.4. The first-order valence-corrected chi connectivity index (χ1v) is 7.36. The van der Waals surface area contributed by atoms with Gasteiger partial charge in [0.05, 0.1) is 17.2 Å². The molecule has 0 spiro atoms. The predicted molar refractivity (Wildman–Crippen MR) is 79.2 cm³/mol. The Bertz CT molecular complexity index is 477. The number of carbonyl (C=O) groups excluding carboxylic acids is 1. The molecule has 6 heteroatoms. The molecule has 20 heavy (non-hydrogen) atoms. The van der Waals surface area contributed by atoms with Crippen molar-refractivity contribution in [1.82, 2.24) is 9.88 Å². The van der Waals surface area contributed by atoms with Crippen molar-refractivity contribution in [3.8, 4) is 0 Å². The number of hydrogen-bond acceptors (Lipinski definition) is 4. The topological polar surface area (TPSA) is 65.5 Å². The molecule has 0 unspecified atom stereocenters.